The molecule has 0 spiro atoms. The van der Waals surface area contributed by atoms with Crippen LogP contribution in [-0.4, -0.2) is 23.6 Å². The highest BCUT2D eigenvalue weighted by Crippen LogP contribution is 2.15. The summed E-state index contributed by atoms with van der Waals surface area (Å²) in [6.45, 7) is 0. The van der Waals surface area contributed by atoms with Crippen LogP contribution >= 0.6 is 11.6 Å². The van der Waals surface area contributed by atoms with Crippen LogP contribution in [0, 0.1) is 0 Å². The lowest BCUT2D eigenvalue weighted by atomic mass is 10.5. The monoisotopic (exact) mass is 258 g/mol. The molecule has 0 saturated heterocycles. The highest BCUT2D eigenvalue weighted by atomic mass is 35.5. The SMILES string of the molecule is O=S(=O)(Nc1cc(Cl)ccn1)c1cn[nH]c1. The molecule has 2 heterocycles. The molecule has 2 rings (SSSR count). The van der Waals surface area contributed by atoms with Gasteiger partial charge in [-0.2, -0.15) is 5.10 Å². The van der Waals surface area contributed by atoms with Crippen molar-refractivity contribution < 1.29 is 8.42 Å². The molecule has 84 valence electrons. The Morgan fingerprint density at radius 1 is 1.44 bits per heavy atom. The van der Waals surface area contributed by atoms with E-state index in [0.29, 0.717) is 5.02 Å². The van der Waals surface area contributed by atoms with Gasteiger partial charge in [-0.3, -0.25) is 9.82 Å². The van der Waals surface area contributed by atoms with Crippen LogP contribution in [-0.2, 0) is 10.0 Å². The van der Waals surface area contributed by atoms with E-state index in [-0.39, 0.29) is 10.7 Å². The van der Waals surface area contributed by atoms with E-state index >= 15 is 0 Å². The van der Waals surface area contributed by atoms with Crippen molar-refractivity contribution in [3.05, 3.63) is 35.7 Å². The van der Waals surface area contributed by atoms with Crippen molar-refractivity contribution in [2.45, 2.75) is 4.90 Å². The Balaban J connectivity index is 2.29. The van der Waals surface area contributed by atoms with E-state index in [2.05, 4.69) is 19.9 Å². The molecule has 0 aliphatic rings. The maximum Gasteiger partial charge on any atom is 0.266 e. The molecule has 16 heavy (non-hydrogen) atoms. The van der Waals surface area contributed by atoms with Crippen molar-refractivity contribution in [1.29, 1.82) is 0 Å². The van der Waals surface area contributed by atoms with Gasteiger partial charge in [-0.05, 0) is 6.07 Å². The first-order valence-electron chi connectivity index (χ1n) is 4.21. The molecular weight excluding hydrogens is 252 g/mol. The van der Waals surface area contributed by atoms with Gasteiger partial charge in [-0.25, -0.2) is 13.4 Å². The molecule has 0 aromatic carbocycles. The van der Waals surface area contributed by atoms with Crippen LogP contribution in [0.15, 0.2) is 35.6 Å². The Kier molecular flexibility index (Phi) is 2.80. The van der Waals surface area contributed by atoms with Gasteiger partial charge in [0.05, 0.1) is 6.20 Å². The minimum absolute atomic E-state index is 0.0364. The Labute approximate surface area is 96.7 Å². The van der Waals surface area contributed by atoms with Gasteiger partial charge in [0.1, 0.15) is 10.7 Å². The molecule has 2 aromatic heterocycles. The third kappa shape index (κ3) is 2.31. The van der Waals surface area contributed by atoms with E-state index in [1.807, 2.05) is 0 Å². The smallest absolute Gasteiger partial charge is 0.266 e. The van der Waals surface area contributed by atoms with Gasteiger partial charge in [-0.1, -0.05) is 11.6 Å². The number of sulfonamides is 1. The summed E-state index contributed by atoms with van der Waals surface area (Å²) in [6, 6.07) is 2.97. The fraction of sp³-hybridized carbons (Fsp3) is 0. The maximum atomic E-state index is 11.7. The normalized spacial score (nSPS) is 11.3. The van der Waals surface area contributed by atoms with Crippen molar-refractivity contribution in [2.24, 2.45) is 0 Å². The predicted molar refractivity (Wildman–Crippen MR) is 58.6 cm³/mol. The number of halogens is 1. The molecule has 2 N–H and O–H groups in total. The minimum atomic E-state index is -3.65. The third-order valence-electron chi connectivity index (χ3n) is 1.74. The number of nitrogens with one attached hydrogen (secondary N) is 2. The Morgan fingerprint density at radius 3 is 2.88 bits per heavy atom. The molecule has 0 radical (unpaired) electrons. The number of anilines is 1. The molecule has 0 amide bonds. The molecular formula is C8H7ClN4O2S. The summed E-state index contributed by atoms with van der Waals surface area (Å²) < 4.78 is 25.7. The minimum Gasteiger partial charge on any atom is -0.284 e. The summed E-state index contributed by atoms with van der Waals surface area (Å²) in [5, 5.41) is 6.38. The Bertz CT molecular complexity index is 582. The zero-order valence-electron chi connectivity index (χ0n) is 7.88. The van der Waals surface area contributed by atoms with Crippen molar-refractivity contribution in [3.63, 3.8) is 0 Å². The maximum absolute atomic E-state index is 11.7. The highest BCUT2D eigenvalue weighted by molar-refractivity contribution is 7.92. The topological polar surface area (TPSA) is 87.7 Å². The van der Waals surface area contributed by atoms with Gasteiger partial charge in [0.2, 0.25) is 0 Å². The molecule has 8 heteroatoms. The van der Waals surface area contributed by atoms with Gasteiger partial charge in [-0.15, -0.1) is 0 Å². The largest absolute Gasteiger partial charge is 0.284 e. The average molecular weight is 259 g/mol. The summed E-state index contributed by atoms with van der Waals surface area (Å²) in [5.41, 5.74) is 0. The van der Waals surface area contributed by atoms with Crippen LogP contribution in [0.5, 0.6) is 0 Å². The van der Waals surface area contributed by atoms with Gasteiger partial charge in [0.15, 0.2) is 0 Å². The van der Waals surface area contributed by atoms with E-state index in [9.17, 15) is 8.42 Å². The van der Waals surface area contributed by atoms with Crippen LogP contribution in [0.2, 0.25) is 5.02 Å². The third-order valence-corrected chi connectivity index (χ3v) is 3.30. The van der Waals surface area contributed by atoms with Crippen LogP contribution in [0.4, 0.5) is 5.82 Å². The lowest BCUT2D eigenvalue weighted by molar-refractivity contribution is 0.601. The quantitative estimate of drug-likeness (QED) is 0.868. The van der Waals surface area contributed by atoms with Crippen molar-refractivity contribution in [2.75, 3.05) is 4.72 Å². The Morgan fingerprint density at radius 2 is 2.25 bits per heavy atom. The van der Waals surface area contributed by atoms with Crippen molar-refractivity contribution in [3.8, 4) is 0 Å². The molecule has 0 bridgehead atoms. The van der Waals surface area contributed by atoms with E-state index in [1.165, 1.54) is 24.7 Å². The molecule has 0 fully saturated rings. The molecule has 0 aliphatic heterocycles. The van der Waals surface area contributed by atoms with Crippen LogP contribution < -0.4 is 4.72 Å². The number of H-pyrrole nitrogens is 1. The zero-order chi connectivity index (χ0) is 11.6. The number of hydrogen-bond donors (Lipinski definition) is 2. The summed E-state index contributed by atoms with van der Waals surface area (Å²) in [5.74, 6) is 0.161. The van der Waals surface area contributed by atoms with E-state index in [4.69, 9.17) is 11.6 Å². The van der Waals surface area contributed by atoms with E-state index < -0.39 is 10.0 Å². The predicted octanol–water partition coefficient (Wildman–Crippen LogP) is 1.26. The summed E-state index contributed by atoms with van der Waals surface area (Å²) in [6.07, 6.45) is 3.88. The second-order valence-electron chi connectivity index (χ2n) is 2.90. The summed E-state index contributed by atoms with van der Waals surface area (Å²) >= 11 is 5.71. The Hall–Kier alpha value is -1.60. The molecule has 0 unspecified atom stereocenters. The lowest BCUT2D eigenvalue weighted by Gasteiger charge is -2.04. The zero-order valence-corrected chi connectivity index (χ0v) is 9.46. The molecule has 0 saturated carbocycles. The van der Waals surface area contributed by atoms with Crippen LogP contribution in [0.25, 0.3) is 0 Å². The summed E-state index contributed by atoms with van der Waals surface area (Å²) in [7, 11) is -3.65. The number of pyridine rings is 1. The first-order chi connectivity index (χ1) is 7.58. The fourth-order valence-electron chi connectivity index (χ4n) is 1.04. The number of nitrogens with zero attached hydrogens (tertiary/aromatic N) is 2. The second kappa shape index (κ2) is 4.11. The molecule has 0 aliphatic carbocycles. The van der Waals surface area contributed by atoms with E-state index in [0.717, 1.165) is 0 Å². The van der Waals surface area contributed by atoms with Crippen molar-refractivity contribution in [1.82, 2.24) is 15.2 Å². The second-order valence-corrected chi connectivity index (χ2v) is 5.02. The molecule has 2 aromatic rings. The van der Waals surface area contributed by atoms with E-state index in [1.54, 1.807) is 6.07 Å². The van der Waals surface area contributed by atoms with Crippen molar-refractivity contribution >= 4 is 27.4 Å². The molecule has 0 atom stereocenters. The number of aromatic nitrogens is 3. The standard InChI is InChI=1S/C8H7ClN4O2S/c9-6-1-2-10-8(3-6)13-16(14,15)7-4-11-12-5-7/h1-5H,(H,10,13)(H,11,12). The number of hydrogen-bond acceptors (Lipinski definition) is 4. The lowest BCUT2D eigenvalue weighted by Crippen LogP contribution is -2.13. The number of rotatable bonds is 3. The van der Waals surface area contributed by atoms with Gasteiger partial charge in [0.25, 0.3) is 10.0 Å². The number of aromatic amines is 1. The molecule has 6 nitrogen and oxygen atoms in total. The first kappa shape index (κ1) is 10.9. The van der Waals surface area contributed by atoms with Gasteiger partial charge < -0.3 is 0 Å². The van der Waals surface area contributed by atoms with Crippen LogP contribution in [0.3, 0.4) is 0 Å². The summed E-state index contributed by atoms with van der Waals surface area (Å²) in [4.78, 5) is 3.87. The first-order valence-corrected chi connectivity index (χ1v) is 6.07. The fourth-order valence-corrected chi connectivity index (χ4v) is 2.11. The van der Waals surface area contributed by atoms with Gasteiger partial charge >= 0.3 is 0 Å². The average Bonchev–Trinajstić information content (AvgIpc) is 2.69. The highest BCUT2D eigenvalue weighted by Gasteiger charge is 2.15. The van der Waals surface area contributed by atoms with Crippen LogP contribution in [0.1, 0.15) is 0 Å². The van der Waals surface area contributed by atoms with Gasteiger partial charge in [0, 0.05) is 23.5 Å².